The van der Waals surface area contributed by atoms with E-state index in [1.807, 2.05) is 37.3 Å². The Hall–Kier alpha value is -2.42. The van der Waals surface area contributed by atoms with Gasteiger partial charge < -0.3 is 5.32 Å². The molecule has 0 aliphatic heterocycles. The lowest BCUT2D eigenvalue weighted by atomic mass is 10.0. The monoisotopic (exact) mass is 309 g/mol. The first-order valence-electron chi connectivity index (χ1n) is 7.97. The average Bonchev–Trinajstić information content (AvgIpc) is 2.53. The Balaban J connectivity index is 1.70. The van der Waals surface area contributed by atoms with Crippen molar-refractivity contribution in [2.24, 2.45) is 0 Å². The molecule has 120 valence electrons. The number of benzene rings is 2. The van der Waals surface area contributed by atoms with E-state index in [-0.39, 0.29) is 24.5 Å². The van der Waals surface area contributed by atoms with Gasteiger partial charge in [-0.15, -0.1) is 0 Å². The van der Waals surface area contributed by atoms with E-state index < -0.39 is 0 Å². The van der Waals surface area contributed by atoms with Crippen molar-refractivity contribution < 1.29 is 9.59 Å². The lowest BCUT2D eigenvalue weighted by Gasteiger charge is -2.06. The maximum Gasteiger partial charge on any atom is 0.220 e. The molecule has 0 atom stereocenters. The molecule has 23 heavy (non-hydrogen) atoms. The van der Waals surface area contributed by atoms with Crippen LogP contribution in [0.2, 0.25) is 0 Å². The van der Waals surface area contributed by atoms with Crippen LogP contribution in [0.15, 0.2) is 48.5 Å². The highest BCUT2D eigenvalue weighted by molar-refractivity contribution is 5.97. The predicted octanol–water partition coefficient (Wildman–Crippen LogP) is 3.63. The van der Waals surface area contributed by atoms with Crippen molar-refractivity contribution >= 4 is 11.7 Å². The van der Waals surface area contributed by atoms with Crippen molar-refractivity contribution in [3.63, 3.8) is 0 Å². The molecule has 0 heterocycles. The Morgan fingerprint density at radius 2 is 1.65 bits per heavy atom. The second-order valence-corrected chi connectivity index (χ2v) is 5.88. The lowest BCUT2D eigenvalue weighted by Crippen LogP contribution is -2.26. The van der Waals surface area contributed by atoms with Gasteiger partial charge in [0.05, 0.1) is 0 Å². The van der Waals surface area contributed by atoms with Crippen LogP contribution >= 0.6 is 0 Å². The molecule has 2 rings (SSSR count). The van der Waals surface area contributed by atoms with Crippen molar-refractivity contribution in [2.75, 3.05) is 6.54 Å². The maximum absolute atomic E-state index is 12.0. The molecule has 3 nitrogen and oxygen atoms in total. The number of carbonyl (C=O) groups is 2. The minimum atomic E-state index is -0.0712. The first-order valence-corrected chi connectivity index (χ1v) is 7.97. The fourth-order valence-electron chi connectivity index (χ4n) is 2.41. The van der Waals surface area contributed by atoms with E-state index in [4.69, 9.17) is 0 Å². The fourth-order valence-corrected chi connectivity index (χ4v) is 2.41. The summed E-state index contributed by atoms with van der Waals surface area (Å²) < 4.78 is 0. The SMILES string of the molecule is Cc1ccc(C(=O)CCC(=O)NCCc2cccc(C)c2)cc1. The largest absolute Gasteiger partial charge is 0.356 e. The van der Waals surface area contributed by atoms with Gasteiger partial charge in [-0.05, 0) is 25.8 Å². The van der Waals surface area contributed by atoms with E-state index in [1.165, 1.54) is 11.1 Å². The van der Waals surface area contributed by atoms with Crippen molar-refractivity contribution in [3.05, 3.63) is 70.8 Å². The van der Waals surface area contributed by atoms with Crippen LogP contribution in [0.4, 0.5) is 0 Å². The minimum Gasteiger partial charge on any atom is -0.356 e. The molecule has 0 saturated heterocycles. The van der Waals surface area contributed by atoms with Gasteiger partial charge in [-0.1, -0.05) is 59.7 Å². The molecule has 0 radical (unpaired) electrons. The molecular weight excluding hydrogens is 286 g/mol. The first kappa shape index (κ1) is 16.9. The summed E-state index contributed by atoms with van der Waals surface area (Å²) in [5.74, 6) is -0.0584. The van der Waals surface area contributed by atoms with Gasteiger partial charge in [-0.3, -0.25) is 9.59 Å². The average molecular weight is 309 g/mol. The molecular formula is C20H23NO2. The third kappa shape index (κ3) is 5.70. The zero-order valence-corrected chi connectivity index (χ0v) is 13.8. The molecule has 0 aliphatic rings. The Morgan fingerprint density at radius 1 is 0.913 bits per heavy atom. The van der Waals surface area contributed by atoms with E-state index in [0.29, 0.717) is 12.1 Å². The Bertz CT molecular complexity index is 674. The van der Waals surface area contributed by atoms with Crippen LogP contribution in [0, 0.1) is 13.8 Å². The number of Topliss-reactive ketones (excluding diaryl/α,β-unsaturated/α-hetero) is 1. The number of nitrogens with one attached hydrogen (secondary N) is 1. The summed E-state index contributed by atoms with van der Waals surface area (Å²) in [6.07, 6.45) is 1.29. The maximum atomic E-state index is 12.0. The van der Waals surface area contributed by atoms with Crippen LogP contribution in [0.25, 0.3) is 0 Å². The second-order valence-electron chi connectivity index (χ2n) is 5.88. The van der Waals surface area contributed by atoms with Gasteiger partial charge in [0, 0.05) is 24.9 Å². The molecule has 0 aliphatic carbocycles. The van der Waals surface area contributed by atoms with Gasteiger partial charge in [0.2, 0.25) is 5.91 Å². The number of hydrogen-bond acceptors (Lipinski definition) is 2. The number of rotatable bonds is 7. The summed E-state index contributed by atoms with van der Waals surface area (Å²) in [7, 11) is 0. The second kappa shape index (κ2) is 8.28. The number of amides is 1. The highest BCUT2D eigenvalue weighted by Gasteiger charge is 2.09. The number of carbonyl (C=O) groups excluding carboxylic acids is 2. The Kier molecular flexibility index (Phi) is 6.10. The van der Waals surface area contributed by atoms with Crippen LogP contribution in [0.1, 0.15) is 39.9 Å². The molecule has 3 heteroatoms. The summed E-state index contributed by atoms with van der Waals surface area (Å²) >= 11 is 0. The summed E-state index contributed by atoms with van der Waals surface area (Å²) in [6, 6.07) is 15.7. The third-order valence-corrected chi connectivity index (χ3v) is 3.77. The van der Waals surface area contributed by atoms with Gasteiger partial charge in [0.15, 0.2) is 5.78 Å². The van der Waals surface area contributed by atoms with Crippen LogP contribution in [0.5, 0.6) is 0 Å². The van der Waals surface area contributed by atoms with E-state index in [1.54, 1.807) is 0 Å². The Morgan fingerprint density at radius 3 is 2.35 bits per heavy atom. The van der Waals surface area contributed by atoms with Gasteiger partial charge in [-0.25, -0.2) is 0 Å². The molecule has 0 aromatic heterocycles. The predicted molar refractivity (Wildman–Crippen MR) is 92.6 cm³/mol. The van der Waals surface area contributed by atoms with E-state index in [0.717, 1.165) is 12.0 Å². The molecule has 0 fully saturated rings. The zero-order valence-electron chi connectivity index (χ0n) is 13.8. The topological polar surface area (TPSA) is 46.2 Å². The number of hydrogen-bond donors (Lipinski definition) is 1. The summed E-state index contributed by atoms with van der Waals surface area (Å²) in [5.41, 5.74) is 4.22. The first-order chi connectivity index (χ1) is 11.0. The molecule has 2 aromatic rings. The molecule has 1 N–H and O–H groups in total. The van der Waals surface area contributed by atoms with E-state index in [9.17, 15) is 9.59 Å². The zero-order chi connectivity index (χ0) is 16.7. The quantitative estimate of drug-likeness (QED) is 0.794. The highest BCUT2D eigenvalue weighted by Crippen LogP contribution is 2.08. The normalized spacial score (nSPS) is 10.3. The van der Waals surface area contributed by atoms with Crippen molar-refractivity contribution in [1.82, 2.24) is 5.32 Å². The molecule has 0 bridgehead atoms. The van der Waals surface area contributed by atoms with Gasteiger partial charge in [0.25, 0.3) is 0 Å². The van der Waals surface area contributed by atoms with Crippen molar-refractivity contribution in [1.29, 1.82) is 0 Å². The summed E-state index contributed by atoms with van der Waals surface area (Å²) in [6.45, 7) is 4.63. The Labute approximate surface area is 137 Å². The molecule has 0 unspecified atom stereocenters. The van der Waals surface area contributed by atoms with Gasteiger partial charge in [-0.2, -0.15) is 0 Å². The van der Waals surface area contributed by atoms with Crippen LogP contribution < -0.4 is 5.32 Å². The summed E-state index contributed by atoms with van der Waals surface area (Å²) in [5, 5.41) is 2.88. The molecule has 0 spiro atoms. The molecule has 2 aromatic carbocycles. The van der Waals surface area contributed by atoms with Crippen molar-refractivity contribution in [3.8, 4) is 0 Å². The van der Waals surface area contributed by atoms with Crippen molar-refractivity contribution in [2.45, 2.75) is 33.1 Å². The minimum absolute atomic E-state index is 0.0128. The smallest absolute Gasteiger partial charge is 0.220 e. The lowest BCUT2D eigenvalue weighted by molar-refractivity contribution is -0.121. The van der Waals surface area contributed by atoms with Crippen LogP contribution in [-0.2, 0) is 11.2 Å². The van der Waals surface area contributed by atoms with Gasteiger partial charge in [0.1, 0.15) is 0 Å². The van der Waals surface area contributed by atoms with Crippen LogP contribution in [-0.4, -0.2) is 18.2 Å². The van der Waals surface area contributed by atoms with E-state index in [2.05, 4.69) is 30.4 Å². The van der Waals surface area contributed by atoms with Crippen LogP contribution in [0.3, 0.4) is 0 Å². The highest BCUT2D eigenvalue weighted by atomic mass is 16.2. The number of aryl methyl sites for hydroxylation is 2. The fraction of sp³-hybridized carbons (Fsp3) is 0.300. The number of ketones is 1. The summed E-state index contributed by atoms with van der Waals surface area (Å²) in [4.78, 5) is 23.8. The molecule has 1 amide bonds. The van der Waals surface area contributed by atoms with E-state index >= 15 is 0 Å². The standard InChI is InChI=1S/C20H23NO2/c1-15-6-8-18(9-7-15)19(22)10-11-20(23)21-13-12-17-5-3-4-16(2)14-17/h3-9,14H,10-13H2,1-2H3,(H,21,23). The van der Waals surface area contributed by atoms with Gasteiger partial charge >= 0.3 is 0 Å². The molecule has 0 saturated carbocycles. The third-order valence-electron chi connectivity index (χ3n) is 3.77.